The van der Waals surface area contributed by atoms with E-state index in [0.29, 0.717) is 6.10 Å². The van der Waals surface area contributed by atoms with Crippen molar-refractivity contribution in [1.82, 2.24) is 5.32 Å². The van der Waals surface area contributed by atoms with Crippen LogP contribution in [0.1, 0.15) is 17.7 Å². The quantitative estimate of drug-likeness (QED) is 0.757. The maximum Gasteiger partial charge on any atom is 0.0619 e. The largest absolute Gasteiger partial charge is 0.381 e. The minimum absolute atomic E-state index is 0.419. The predicted octanol–water partition coefficient (Wildman–Crippen LogP) is 2.08. The molecule has 0 aliphatic carbocycles. The first kappa shape index (κ1) is 13.0. The van der Waals surface area contributed by atoms with Gasteiger partial charge in [0.2, 0.25) is 0 Å². The monoisotopic (exact) mass is 255 g/mol. The zero-order valence-corrected chi connectivity index (χ0v) is 11.0. The summed E-state index contributed by atoms with van der Waals surface area (Å²) < 4.78 is 11.1. The standard InChI is InChI=1S/C13H21NO2S/c1-2-13(17-11-1)3-6-14-7-10-16-12-4-8-15-9-5-12/h1-2,11-12,14H,3-10H2. The van der Waals surface area contributed by atoms with Crippen molar-refractivity contribution in [3.63, 3.8) is 0 Å². The molecule has 0 saturated carbocycles. The van der Waals surface area contributed by atoms with Gasteiger partial charge in [0.05, 0.1) is 12.7 Å². The highest BCUT2D eigenvalue weighted by Gasteiger charge is 2.13. The lowest BCUT2D eigenvalue weighted by Gasteiger charge is -2.22. The topological polar surface area (TPSA) is 30.5 Å². The van der Waals surface area contributed by atoms with Crippen LogP contribution in [0.15, 0.2) is 17.5 Å². The first-order valence-electron chi connectivity index (χ1n) is 6.37. The molecule has 1 aromatic rings. The molecule has 1 saturated heterocycles. The minimum Gasteiger partial charge on any atom is -0.381 e. The van der Waals surface area contributed by atoms with Gasteiger partial charge in [0.25, 0.3) is 0 Å². The van der Waals surface area contributed by atoms with Crippen LogP contribution in [0.4, 0.5) is 0 Å². The van der Waals surface area contributed by atoms with Crippen LogP contribution in [0.25, 0.3) is 0 Å². The van der Waals surface area contributed by atoms with E-state index in [1.54, 1.807) is 0 Å². The Kier molecular flexibility index (Phi) is 5.99. The Morgan fingerprint density at radius 2 is 2.24 bits per heavy atom. The van der Waals surface area contributed by atoms with E-state index in [9.17, 15) is 0 Å². The Bertz CT molecular complexity index is 284. The molecule has 0 radical (unpaired) electrons. The van der Waals surface area contributed by atoms with Crippen LogP contribution in [-0.4, -0.2) is 39.0 Å². The molecule has 17 heavy (non-hydrogen) atoms. The van der Waals surface area contributed by atoms with Crippen molar-refractivity contribution in [1.29, 1.82) is 0 Å². The second-order valence-electron chi connectivity index (χ2n) is 4.26. The number of thiophene rings is 1. The molecule has 0 amide bonds. The van der Waals surface area contributed by atoms with Crippen molar-refractivity contribution in [3.05, 3.63) is 22.4 Å². The molecule has 2 rings (SSSR count). The molecule has 1 aliphatic rings. The van der Waals surface area contributed by atoms with E-state index >= 15 is 0 Å². The molecular formula is C13H21NO2S. The lowest BCUT2D eigenvalue weighted by molar-refractivity contribution is -0.0304. The van der Waals surface area contributed by atoms with E-state index in [1.807, 2.05) is 11.3 Å². The van der Waals surface area contributed by atoms with Crippen LogP contribution in [0.3, 0.4) is 0 Å². The third-order valence-corrected chi connectivity index (χ3v) is 3.87. The van der Waals surface area contributed by atoms with Crippen LogP contribution < -0.4 is 5.32 Å². The van der Waals surface area contributed by atoms with E-state index in [-0.39, 0.29) is 0 Å². The van der Waals surface area contributed by atoms with E-state index in [4.69, 9.17) is 9.47 Å². The summed E-state index contributed by atoms with van der Waals surface area (Å²) in [5.74, 6) is 0. The molecule has 1 N–H and O–H groups in total. The average Bonchev–Trinajstić information content (AvgIpc) is 2.88. The Morgan fingerprint density at radius 1 is 1.35 bits per heavy atom. The molecule has 1 aliphatic heterocycles. The van der Waals surface area contributed by atoms with Crippen molar-refractivity contribution in [2.75, 3.05) is 32.9 Å². The molecule has 1 fully saturated rings. The molecule has 2 heterocycles. The molecule has 3 nitrogen and oxygen atoms in total. The molecule has 1 aromatic heterocycles. The summed E-state index contributed by atoms with van der Waals surface area (Å²) in [5.41, 5.74) is 0. The van der Waals surface area contributed by atoms with Gasteiger partial charge in [0.1, 0.15) is 0 Å². The summed E-state index contributed by atoms with van der Waals surface area (Å²) in [6, 6.07) is 4.29. The molecule has 4 heteroatoms. The predicted molar refractivity (Wildman–Crippen MR) is 70.7 cm³/mol. The Hall–Kier alpha value is -0.420. The molecule has 0 aromatic carbocycles. The van der Waals surface area contributed by atoms with Gasteiger partial charge in [0, 0.05) is 31.2 Å². The van der Waals surface area contributed by atoms with Gasteiger partial charge in [-0.3, -0.25) is 0 Å². The summed E-state index contributed by atoms with van der Waals surface area (Å²) in [6.45, 7) is 4.52. The summed E-state index contributed by atoms with van der Waals surface area (Å²) in [6.07, 6.45) is 3.64. The van der Waals surface area contributed by atoms with E-state index < -0.39 is 0 Å². The fourth-order valence-electron chi connectivity index (χ4n) is 1.93. The van der Waals surface area contributed by atoms with E-state index in [1.165, 1.54) is 4.88 Å². The van der Waals surface area contributed by atoms with Gasteiger partial charge < -0.3 is 14.8 Å². The lowest BCUT2D eigenvalue weighted by Crippen LogP contribution is -2.28. The van der Waals surface area contributed by atoms with Crippen LogP contribution in [-0.2, 0) is 15.9 Å². The highest BCUT2D eigenvalue weighted by Crippen LogP contribution is 2.10. The van der Waals surface area contributed by atoms with Gasteiger partial charge in [0.15, 0.2) is 0 Å². The number of rotatable bonds is 7. The van der Waals surface area contributed by atoms with E-state index in [0.717, 1.165) is 52.2 Å². The van der Waals surface area contributed by atoms with Crippen LogP contribution in [0.2, 0.25) is 0 Å². The van der Waals surface area contributed by atoms with Crippen molar-refractivity contribution < 1.29 is 9.47 Å². The maximum atomic E-state index is 5.78. The summed E-state index contributed by atoms with van der Waals surface area (Å²) in [4.78, 5) is 1.45. The zero-order valence-electron chi connectivity index (χ0n) is 10.2. The molecule has 0 spiro atoms. The third kappa shape index (κ3) is 5.17. The molecule has 0 unspecified atom stereocenters. The Balaban J connectivity index is 1.43. The third-order valence-electron chi connectivity index (χ3n) is 2.93. The van der Waals surface area contributed by atoms with Gasteiger partial charge in [-0.15, -0.1) is 11.3 Å². The van der Waals surface area contributed by atoms with Gasteiger partial charge in [-0.1, -0.05) is 6.07 Å². The van der Waals surface area contributed by atoms with Crippen molar-refractivity contribution in [2.45, 2.75) is 25.4 Å². The normalized spacial score (nSPS) is 17.4. The summed E-state index contributed by atoms with van der Waals surface area (Å²) >= 11 is 1.82. The Morgan fingerprint density at radius 3 is 3.00 bits per heavy atom. The maximum absolute atomic E-state index is 5.78. The average molecular weight is 255 g/mol. The SMILES string of the molecule is c1csc(CCNCCOC2CCOCC2)c1. The first-order chi connectivity index (χ1) is 8.45. The fourth-order valence-corrected chi connectivity index (χ4v) is 2.64. The fraction of sp³-hybridized carbons (Fsp3) is 0.692. The number of nitrogens with one attached hydrogen (secondary N) is 1. The number of hydrogen-bond acceptors (Lipinski definition) is 4. The Labute approximate surface area is 107 Å². The molecule has 0 atom stereocenters. The molecule has 0 bridgehead atoms. The smallest absolute Gasteiger partial charge is 0.0619 e. The first-order valence-corrected chi connectivity index (χ1v) is 7.25. The van der Waals surface area contributed by atoms with E-state index in [2.05, 4.69) is 22.8 Å². The summed E-state index contributed by atoms with van der Waals surface area (Å²) in [7, 11) is 0. The lowest BCUT2D eigenvalue weighted by atomic mass is 10.2. The van der Waals surface area contributed by atoms with Crippen molar-refractivity contribution >= 4 is 11.3 Å². The molecular weight excluding hydrogens is 234 g/mol. The van der Waals surface area contributed by atoms with Crippen LogP contribution >= 0.6 is 11.3 Å². The second-order valence-corrected chi connectivity index (χ2v) is 5.29. The minimum atomic E-state index is 0.419. The van der Waals surface area contributed by atoms with Crippen molar-refractivity contribution in [3.8, 4) is 0 Å². The van der Waals surface area contributed by atoms with Gasteiger partial charge in [-0.2, -0.15) is 0 Å². The van der Waals surface area contributed by atoms with Gasteiger partial charge in [-0.25, -0.2) is 0 Å². The second kappa shape index (κ2) is 7.82. The highest BCUT2D eigenvalue weighted by atomic mass is 32.1. The zero-order chi connectivity index (χ0) is 11.8. The number of ether oxygens (including phenoxy) is 2. The summed E-state index contributed by atoms with van der Waals surface area (Å²) in [5, 5.41) is 5.54. The van der Waals surface area contributed by atoms with Gasteiger partial charge >= 0.3 is 0 Å². The molecule has 96 valence electrons. The number of hydrogen-bond donors (Lipinski definition) is 1. The van der Waals surface area contributed by atoms with Crippen molar-refractivity contribution in [2.24, 2.45) is 0 Å². The highest BCUT2D eigenvalue weighted by molar-refractivity contribution is 7.09. The van der Waals surface area contributed by atoms with Gasteiger partial charge in [-0.05, 0) is 30.7 Å². The van der Waals surface area contributed by atoms with Crippen LogP contribution in [0.5, 0.6) is 0 Å². The van der Waals surface area contributed by atoms with Crippen LogP contribution in [0, 0.1) is 0 Å².